The van der Waals surface area contributed by atoms with Crippen molar-refractivity contribution in [1.29, 1.82) is 5.26 Å². The second kappa shape index (κ2) is 22.3. The number of ether oxygens (including phenoxy) is 4. The predicted molar refractivity (Wildman–Crippen MR) is 247 cm³/mol. The summed E-state index contributed by atoms with van der Waals surface area (Å²) in [5, 5.41) is 50.2. The predicted octanol–water partition coefficient (Wildman–Crippen LogP) is 2.77. The highest BCUT2D eigenvalue weighted by molar-refractivity contribution is 14.1. The molecule has 1 aliphatic heterocycles. The van der Waals surface area contributed by atoms with Crippen molar-refractivity contribution in [3.63, 3.8) is 0 Å². The van der Waals surface area contributed by atoms with Crippen LogP contribution in [-0.4, -0.2) is 128 Å². The summed E-state index contributed by atoms with van der Waals surface area (Å²) in [4.78, 5) is 18.3. The van der Waals surface area contributed by atoms with Gasteiger partial charge in [0.25, 0.3) is 20.2 Å². The number of nitrogens with one attached hydrogen (secondary N) is 1. The highest BCUT2D eigenvalue weighted by Gasteiger charge is 2.45. The summed E-state index contributed by atoms with van der Waals surface area (Å²) in [5.74, 6) is 0.569. The van der Waals surface area contributed by atoms with Crippen LogP contribution in [0.25, 0.3) is 11.1 Å². The Labute approximate surface area is 404 Å². The number of benzene rings is 3. The van der Waals surface area contributed by atoms with Gasteiger partial charge in [-0.25, -0.2) is 9.07 Å². The molecule has 68 heavy (non-hydrogen) atoms. The number of halogens is 2. The molecule has 0 spiro atoms. The van der Waals surface area contributed by atoms with Gasteiger partial charge in [0.15, 0.2) is 6.23 Å². The number of nitriles is 1. The van der Waals surface area contributed by atoms with E-state index in [-0.39, 0.29) is 32.9 Å². The minimum atomic E-state index is -5.25. The van der Waals surface area contributed by atoms with Gasteiger partial charge in [-0.05, 0) is 89.5 Å². The Morgan fingerprint density at radius 3 is 2.28 bits per heavy atom. The van der Waals surface area contributed by atoms with Crippen LogP contribution >= 0.6 is 22.6 Å². The Kier molecular flexibility index (Phi) is 17.1. The lowest BCUT2D eigenvalue weighted by molar-refractivity contribution is -0.250. The first-order valence-electron chi connectivity index (χ1n) is 20.5. The zero-order chi connectivity index (χ0) is 49.5. The summed E-state index contributed by atoms with van der Waals surface area (Å²) in [6.45, 7) is 1.55. The fourth-order valence-corrected chi connectivity index (χ4v) is 9.73. The third-order valence-electron chi connectivity index (χ3n) is 10.9. The molecule has 1 amide bonds. The molecule has 0 bridgehead atoms. The number of carbonyl (C=O) groups excluding carboxylic acids is 1. The number of hydrogen-bond acceptors (Lipinski definition) is 17. The van der Waals surface area contributed by atoms with Crippen molar-refractivity contribution in [2.75, 3.05) is 26.8 Å². The first kappa shape index (κ1) is 52.0. The van der Waals surface area contributed by atoms with E-state index < -0.39 is 74.6 Å². The number of hydrogen-bond donors (Lipinski definition) is 6. The van der Waals surface area contributed by atoms with E-state index in [2.05, 4.69) is 43.2 Å². The number of likely N-dealkylation sites (N-methyl/N-ethyl adjacent to an activating group) is 1. The SMILES string of the molecule is Cc1c(COc2cc(OCc3cncc(C#N)c3)c(CN(C)CC(=O)NCC(S(=O)(=O)O)S(=O)(=O)O)cc2I)cccc1-c1cccc(OCc2cn([C@@H]3O[C@H](CF)[C@@H](O)[C@H](O)[C@H]3O)nn2)c1C. The van der Waals surface area contributed by atoms with E-state index in [1.54, 1.807) is 37.5 Å². The molecule has 25 heteroatoms. The number of pyridine rings is 1. The lowest BCUT2D eigenvalue weighted by Crippen LogP contribution is -2.56. The molecule has 1 saturated heterocycles. The van der Waals surface area contributed by atoms with Crippen LogP contribution in [0, 0.1) is 28.7 Å². The van der Waals surface area contributed by atoms with E-state index in [1.165, 1.54) is 17.3 Å². The van der Waals surface area contributed by atoms with Crippen LogP contribution in [0.5, 0.6) is 17.2 Å². The van der Waals surface area contributed by atoms with Crippen LogP contribution in [0.15, 0.2) is 73.2 Å². The molecule has 0 radical (unpaired) electrons. The fraction of sp³-hybridized carbons (Fsp3) is 0.372. The molecule has 3 aromatic carbocycles. The largest absolute Gasteiger partial charge is 0.488 e. The quantitative estimate of drug-likeness (QED) is 0.0482. The van der Waals surface area contributed by atoms with E-state index in [9.17, 15) is 55.7 Å². The van der Waals surface area contributed by atoms with Gasteiger partial charge in [0.05, 0.1) is 28.4 Å². The molecule has 0 saturated carbocycles. The summed E-state index contributed by atoms with van der Waals surface area (Å²) >= 11 is 2.10. The van der Waals surface area contributed by atoms with Gasteiger partial charge in [0.2, 0.25) is 10.5 Å². The van der Waals surface area contributed by atoms with Gasteiger partial charge in [-0.3, -0.25) is 23.8 Å². The second-order valence-electron chi connectivity index (χ2n) is 15.8. The Hall–Kier alpha value is -5.41. The molecule has 5 aromatic rings. The van der Waals surface area contributed by atoms with Gasteiger partial charge in [-0.15, -0.1) is 5.10 Å². The fourth-order valence-electron chi connectivity index (χ4n) is 7.22. The average Bonchev–Trinajstić information content (AvgIpc) is 3.75. The smallest absolute Gasteiger partial charge is 0.286 e. The first-order valence-corrected chi connectivity index (χ1v) is 24.5. The lowest BCUT2D eigenvalue weighted by Gasteiger charge is -2.39. The maximum absolute atomic E-state index is 13.4. The first-order chi connectivity index (χ1) is 32.2. The van der Waals surface area contributed by atoms with E-state index >= 15 is 0 Å². The molecule has 0 unspecified atom stereocenters. The Balaban J connectivity index is 1.16. The van der Waals surface area contributed by atoms with E-state index in [1.807, 2.05) is 50.2 Å². The maximum Gasteiger partial charge on any atom is 0.286 e. The minimum absolute atomic E-state index is 0.00811. The molecule has 21 nitrogen and oxygen atoms in total. The van der Waals surface area contributed by atoms with Crippen molar-refractivity contribution in [2.24, 2.45) is 0 Å². The molecule has 5 atom stereocenters. The summed E-state index contributed by atoms with van der Waals surface area (Å²) in [6, 6.07) is 18.6. The molecule has 0 aliphatic carbocycles. The van der Waals surface area contributed by atoms with Gasteiger partial charge in [0.1, 0.15) is 79.9 Å². The van der Waals surface area contributed by atoms with Gasteiger partial charge in [0, 0.05) is 36.1 Å². The lowest BCUT2D eigenvalue weighted by atomic mass is 9.93. The molecule has 6 rings (SSSR count). The molecular formula is C43H47FIN7O14S2. The molecular weight excluding hydrogens is 1050 g/mol. The highest BCUT2D eigenvalue weighted by Crippen LogP contribution is 2.36. The number of alkyl halides is 1. The highest BCUT2D eigenvalue weighted by atomic mass is 127. The summed E-state index contributed by atoms with van der Waals surface area (Å²) in [6.07, 6.45) is -3.11. The molecule has 3 heterocycles. The normalized spacial score (nSPS) is 18.6. The zero-order valence-electron chi connectivity index (χ0n) is 36.5. The number of carbonyl (C=O) groups is 1. The third kappa shape index (κ3) is 12.8. The number of aliphatic hydroxyl groups is 3. The van der Waals surface area contributed by atoms with Crippen molar-refractivity contribution in [3.05, 3.63) is 116 Å². The topological polar surface area (TPSA) is 306 Å². The Morgan fingerprint density at radius 2 is 1.59 bits per heavy atom. The molecule has 2 aromatic heterocycles. The third-order valence-corrected chi connectivity index (χ3v) is 14.8. The monoisotopic (exact) mass is 1100 g/mol. The van der Waals surface area contributed by atoms with Gasteiger partial charge < -0.3 is 39.6 Å². The number of amides is 1. The van der Waals surface area contributed by atoms with Crippen LogP contribution < -0.4 is 19.5 Å². The number of aromatic nitrogens is 4. The van der Waals surface area contributed by atoms with E-state index in [4.69, 9.17) is 18.9 Å². The van der Waals surface area contributed by atoms with Crippen LogP contribution in [0.2, 0.25) is 0 Å². The Bertz CT molecular complexity index is 2850. The van der Waals surface area contributed by atoms with Crippen molar-refractivity contribution in [3.8, 4) is 34.4 Å². The van der Waals surface area contributed by atoms with Crippen LogP contribution in [0.4, 0.5) is 4.39 Å². The summed E-state index contributed by atoms with van der Waals surface area (Å²) < 4.78 is 101. The van der Waals surface area contributed by atoms with Crippen molar-refractivity contribution in [1.82, 2.24) is 30.2 Å². The van der Waals surface area contributed by atoms with Crippen molar-refractivity contribution < 1.29 is 69.4 Å². The molecule has 6 N–H and O–H groups in total. The average molecular weight is 1100 g/mol. The molecule has 1 aliphatic rings. The number of aliphatic hydroxyl groups excluding tert-OH is 3. The summed E-state index contributed by atoms with van der Waals surface area (Å²) in [7, 11) is -8.94. The standard InChI is InChI=1S/C43H47FIN7O14S2/c1-24-28(6-4-7-31(24)32-8-5-9-34(25(32)2)65-23-30-19-52(50-49-30)43-42(56)41(55)40(54)37(13-44)66-43)22-64-36-12-35(63-21-27-10-26(14-46)15-47-16-27)29(11-33(36)45)18-51(3)20-38(53)48-17-39(67(57,58)59)68(60,61)62/h4-12,15-16,19,37,39-43,54-56H,13,17-18,20-23H2,1-3H3,(H,48,53)(H,57,58,59)(H,60,61,62)/t37-,40-,41+,42-,43-/m1/s1. The van der Waals surface area contributed by atoms with E-state index in [0.29, 0.717) is 43.2 Å². The maximum atomic E-state index is 13.4. The van der Waals surface area contributed by atoms with Gasteiger partial charge in [-0.2, -0.15) is 22.1 Å². The van der Waals surface area contributed by atoms with Crippen molar-refractivity contribution >= 4 is 48.7 Å². The van der Waals surface area contributed by atoms with Crippen LogP contribution in [0.1, 0.15) is 45.3 Å². The number of nitrogens with zero attached hydrogens (tertiary/aromatic N) is 6. The number of rotatable bonds is 20. The van der Waals surface area contributed by atoms with Gasteiger partial charge in [-0.1, -0.05) is 35.5 Å². The van der Waals surface area contributed by atoms with Crippen LogP contribution in [-0.2, 0) is 56.1 Å². The zero-order valence-corrected chi connectivity index (χ0v) is 40.3. The molecule has 364 valence electrons. The van der Waals surface area contributed by atoms with Crippen molar-refractivity contribution in [2.45, 2.75) is 75.4 Å². The second-order valence-corrected chi connectivity index (χ2v) is 20.4. The van der Waals surface area contributed by atoms with E-state index in [0.717, 1.165) is 32.5 Å². The molecule has 1 fully saturated rings. The van der Waals surface area contributed by atoms with Crippen LogP contribution in [0.3, 0.4) is 0 Å². The Morgan fingerprint density at radius 1 is 0.912 bits per heavy atom. The minimum Gasteiger partial charge on any atom is -0.488 e. The van der Waals surface area contributed by atoms with Gasteiger partial charge >= 0.3 is 0 Å². The summed E-state index contributed by atoms with van der Waals surface area (Å²) in [5.41, 5.74) is 6.28.